The van der Waals surface area contributed by atoms with Crippen molar-refractivity contribution in [3.63, 3.8) is 0 Å². The number of hydrogen-bond donors (Lipinski definition) is 1. The lowest BCUT2D eigenvalue weighted by molar-refractivity contribution is -0.808. The zero-order chi connectivity index (χ0) is 18.3. The molecule has 0 spiro atoms. The van der Waals surface area contributed by atoms with Crippen molar-refractivity contribution in [1.82, 2.24) is 5.16 Å². The number of fused-ring (bicyclic) bond motifs is 1. The Hall–Kier alpha value is -3.83. The molecule has 25 heavy (non-hydrogen) atoms. The van der Waals surface area contributed by atoms with E-state index < -0.39 is 27.2 Å². The average molecular weight is 348 g/mol. The number of nitro groups is 1. The quantitative estimate of drug-likeness (QED) is 0.345. The van der Waals surface area contributed by atoms with Gasteiger partial charge in [-0.15, -0.1) is 0 Å². The summed E-state index contributed by atoms with van der Waals surface area (Å²) in [7, 11) is 1.32. The Kier molecular flexibility index (Phi) is 3.64. The second kappa shape index (κ2) is 5.67. The van der Waals surface area contributed by atoms with Crippen LogP contribution in [-0.4, -0.2) is 27.8 Å². The molecular weight excluding hydrogens is 338 g/mol. The van der Waals surface area contributed by atoms with Crippen LogP contribution in [0.25, 0.3) is 0 Å². The smallest absolute Gasteiger partial charge is 0.318 e. The summed E-state index contributed by atoms with van der Waals surface area (Å²) >= 11 is 0. The highest BCUT2D eigenvalue weighted by molar-refractivity contribution is 6.06. The third-order valence-electron chi connectivity index (χ3n) is 3.72. The molecule has 0 bridgehead atoms. The molecule has 130 valence electrons. The molecule has 1 unspecified atom stereocenters. The second-order valence-electron chi connectivity index (χ2n) is 5.07. The molecule has 12 nitrogen and oxygen atoms in total. The summed E-state index contributed by atoms with van der Waals surface area (Å²) in [6.45, 7) is 0. The minimum atomic E-state index is -1.28. The number of anilines is 1. The Morgan fingerprint density at radius 2 is 2.08 bits per heavy atom. The number of aromatic nitrogens is 2. The zero-order valence-corrected chi connectivity index (χ0v) is 12.6. The number of benzene rings is 1. The van der Waals surface area contributed by atoms with Crippen LogP contribution in [0.15, 0.2) is 34.6 Å². The number of hydrogen-bond acceptors (Lipinski definition) is 9. The van der Waals surface area contributed by atoms with Gasteiger partial charge in [-0.2, -0.15) is 4.90 Å². The van der Waals surface area contributed by atoms with E-state index in [1.807, 2.05) is 0 Å². The Balaban J connectivity index is 2.35. The van der Waals surface area contributed by atoms with Crippen LogP contribution in [0.2, 0.25) is 0 Å². The number of methoxy groups -OCH3 is 1. The highest BCUT2D eigenvalue weighted by Crippen LogP contribution is 2.40. The van der Waals surface area contributed by atoms with Crippen molar-refractivity contribution >= 4 is 11.4 Å². The summed E-state index contributed by atoms with van der Waals surface area (Å²) in [5.74, 6) is -1.11. The molecule has 0 saturated carbocycles. The molecule has 1 aromatic heterocycles. The van der Waals surface area contributed by atoms with Gasteiger partial charge in [0.25, 0.3) is 11.4 Å². The molecule has 2 N–H and O–H groups in total. The van der Waals surface area contributed by atoms with Gasteiger partial charge in [0.15, 0.2) is 0 Å². The van der Waals surface area contributed by atoms with Crippen LogP contribution in [0.5, 0.6) is 5.75 Å². The van der Waals surface area contributed by atoms with E-state index in [-0.39, 0.29) is 27.6 Å². The minimum absolute atomic E-state index is 0.0875. The van der Waals surface area contributed by atoms with E-state index in [2.05, 4.69) is 9.79 Å². The number of nitrogens with zero attached hydrogens (tertiary/aromatic N) is 4. The lowest BCUT2D eigenvalue weighted by Gasteiger charge is -2.19. The van der Waals surface area contributed by atoms with E-state index in [9.17, 15) is 25.7 Å². The van der Waals surface area contributed by atoms with Crippen LogP contribution in [0.1, 0.15) is 22.9 Å². The lowest BCUT2D eigenvalue weighted by atomic mass is 9.85. The Morgan fingerprint density at radius 3 is 2.68 bits per heavy atom. The zero-order valence-electron chi connectivity index (χ0n) is 12.6. The van der Waals surface area contributed by atoms with Crippen molar-refractivity contribution in [2.24, 2.45) is 0 Å². The Labute approximate surface area is 138 Å². The van der Waals surface area contributed by atoms with Gasteiger partial charge in [0.1, 0.15) is 11.7 Å². The highest BCUT2D eigenvalue weighted by atomic mass is 16.8. The van der Waals surface area contributed by atoms with Gasteiger partial charge >= 0.3 is 5.69 Å². The topological polar surface area (TPSA) is 180 Å². The molecule has 12 heteroatoms. The molecule has 3 rings (SSSR count). The third-order valence-corrected chi connectivity index (χ3v) is 3.72. The average Bonchev–Trinajstić information content (AvgIpc) is 2.95. The molecule has 1 aliphatic carbocycles. The first-order chi connectivity index (χ1) is 11.8. The van der Waals surface area contributed by atoms with Gasteiger partial charge in [-0.25, -0.2) is 0 Å². The van der Waals surface area contributed by atoms with Crippen LogP contribution in [0.4, 0.5) is 5.69 Å². The van der Waals surface area contributed by atoms with Crippen LogP contribution < -0.4 is 15.4 Å². The van der Waals surface area contributed by atoms with Gasteiger partial charge in [0.05, 0.1) is 23.3 Å². The fourth-order valence-electron chi connectivity index (χ4n) is 2.68. The minimum Gasteiger partial charge on any atom is -0.612 e. The Bertz CT molecular complexity index is 929. The van der Waals surface area contributed by atoms with Crippen LogP contribution in [-0.2, 0) is 0 Å². The molecule has 0 fully saturated rings. The molecule has 0 aliphatic heterocycles. The van der Waals surface area contributed by atoms with Gasteiger partial charge in [0.2, 0.25) is 5.69 Å². The molecular formula is C13H10N5O7-. The van der Waals surface area contributed by atoms with Gasteiger partial charge in [-0.3, -0.25) is 14.7 Å². The third kappa shape index (κ3) is 2.45. The van der Waals surface area contributed by atoms with Crippen molar-refractivity contribution in [2.75, 3.05) is 12.8 Å². The standard InChI is InChI=1S/C13H10N5O7/c1-24-10-4-6(14)2-3-7(10)11-8(16(19)20)5-9(17(21)22)12-13(11)18(23)25-15-12/h2-5,11H,14H2,1H3/q-1. The maximum Gasteiger partial charge on any atom is 0.318 e. The number of rotatable bonds is 3. The summed E-state index contributed by atoms with van der Waals surface area (Å²) in [5.41, 5.74) is 4.18. The van der Waals surface area contributed by atoms with Gasteiger partial charge in [-0.05, 0) is 11.0 Å². The van der Waals surface area contributed by atoms with Crippen molar-refractivity contribution in [1.29, 1.82) is 0 Å². The van der Waals surface area contributed by atoms with E-state index in [1.54, 1.807) is 0 Å². The maximum absolute atomic E-state index is 12.0. The molecule has 1 heterocycles. The van der Waals surface area contributed by atoms with Crippen LogP contribution >= 0.6 is 0 Å². The normalized spacial score (nSPS) is 16.1. The maximum atomic E-state index is 12.0. The summed E-state index contributed by atoms with van der Waals surface area (Å²) in [4.78, 5) is 9.72. The van der Waals surface area contributed by atoms with E-state index >= 15 is 0 Å². The first kappa shape index (κ1) is 16.0. The molecule has 1 aliphatic rings. The first-order valence-corrected chi connectivity index (χ1v) is 6.75. The number of nitrogens with two attached hydrogens (primary N) is 1. The van der Waals surface area contributed by atoms with Crippen LogP contribution in [0, 0.1) is 25.7 Å². The van der Waals surface area contributed by atoms with Gasteiger partial charge in [0, 0.05) is 17.3 Å². The number of ether oxygens (including phenoxy) is 1. The number of nitrogen functional groups attached to an aromatic ring is 1. The number of allylic oxidation sites excluding steroid dienone is 2. The first-order valence-electron chi connectivity index (χ1n) is 6.75. The van der Waals surface area contributed by atoms with Gasteiger partial charge in [-0.1, -0.05) is 6.07 Å². The SMILES string of the molecule is COc1cc(N)ccc1C1C([N+](=O)[O-])=CC(=[N+]([O-])[O-])c2no[n+]([O-])c21. The monoisotopic (exact) mass is 348 g/mol. The summed E-state index contributed by atoms with van der Waals surface area (Å²) in [6.07, 6.45) is 0.755. The van der Waals surface area contributed by atoms with Crippen molar-refractivity contribution in [3.8, 4) is 5.75 Å². The largest absolute Gasteiger partial charge is 0.612 e. The summed E-state index contributed by atoms with van der Waals surface area (Å²) in [5, 5.41) is 49.2. The molecule has 0 radical (unpaired) electrons. The van der Waals surface area contributed by atoms with Crippen molar-refractivity contribution in [2.45, 2.75) is 5.92 Å². The van der Waals surface area contributed by atoms with Crippen molar-refractivity contribution in [3.05, 3.63) is 72.7 Å². The van der Waals surface area contributed by atoms with E-state index in [0.717, 1.165) is 6.08 Å². The summed E-state index contributed by atoms with van der Waals surface area (Å²) in [6, 6.07) is 4.32. The van der Waals surface area contributed by atoms with E-state index in [4.69, 9.17) is 10.5 Å². The molecule has 1 aromatic carbocycles. The predicted octanol–water partition coefficient (Wildman–Crippen LogP) is 0.00210. The summed E-state index contributed by atoms with van der Waals surface area (Å²) < 4.78 is 9.62. The van der Waals surface area contributed by atoms with Crippen LogP contribution in [0.3, 0.4) is 0 Å². The predicted molar refractivity (Wildman–Crippen MR) is 80.9 cm³/mol. The van der Waals surface area contributed by atoms with E-state index in [0.29, 0.717) is 5.69 Å². The molecule has 0 amide bonds. The molecule has 1 atom stereocenters. The Morgan fingerprint density at radius 1 is 1.36 bits per heavy atom. The molecule has 2 aromatic rings. The fraction of sp³-hybridized carbons (Fsp3) is 0.154. The lowest BCUT2D eigenvalue weighted by Crippen LogP contribution is -2.36. The fourth-order valence-corrected chi connectivity index (χ4v) is 2.68. The van der Waals surface area contributed by atoms with E-state index in [1.165, 1.54) is 25.3 Å². The molecule has 0 saturated heterocycles. The highest BCUT2D eigenvalue weighted by Gasteiger charge is 2.47. The van der Waals surface area contributed by atoms with Gasteiger partial charge < -0.3 is 26.1 Å². The second-order valence-corrected chi connectivity index (χ2v) is 5.07. The van der Waals surface area contributed by atoms with Crippen molar-refractivity contribution < 1.29 is 24.1 Å².